The van der Waals surface area contributed by atoms with E-state index < -0.39 is 12.6 Å². The van der Waals surface area contributed by atoms with Gasteiger partial charge in [0.25, 0.3) is 5.91 Å². The number of aliphatic carboxylic acids is 1. The van der Waals surface area contributed by atoms with Crippen molar-refractivity contribution in [3.63, 3.8) is 0 Å². The van der Waals surface area contributed by atoms with Crippen LogP contribution in [0.1, 0.15) is 5.56 Å². The third kappa shape index (κ3) is 5.64. The Balaban J connectivity index is 1.84. The maximum Gasteiger partial charge on any atom is 0.341 e. The zero-order valence-corrected chi connectivity index (χ0v) is 18.7. The lowest BCUT2D eigenvalue weighted by molar-refractivity contribution is -0.139. The number of hydrogen-bond acceptors (Lipinski definition) is 6. The molecule has 150 valence electrons. The number of carbonyl (C=O) groups is 2. The molecule has 0 unspecified atom stereocenters. The van der Waals surface area contributed by atoms with Crippen LogP contribution in [0.3, 0.4) is 0 Å². The normalized spacial score (nSPS) is 16.2. The highest BCUT2D eigenvalue weighted by molar-refractivity contribution is 14.1. The van der Waals surface area contributed by atoms with Gasteiger partial charge in [-0.05, 0) is 82.4 Å². The van der Waals surface area contributed by atoms with Gasteiger partial charge < -0.3 is 19.9 Å². The Morgan fingerprint density at radius 2 is 2.07 bits per heavy atom. The van der Waals surface area contributed by atoms with Crippen molar-refractivity contribution in [3.05, 3.63) is 55.5 Å². The maximum absolute atomic E-state index is 12.3. The Bertz CT molecular complexity index is 1020. The topological polar surface area (TPSA) is 97.2 Å². The molecule has 1 aliphatic rings. The van der Waals surface area contributed by atoms with Crippen LogP contribution in [0.2, 0.25) is 5.02 Å². The monoisotopic (exact) mass is 544 g/mol. The summed E-state index contributed by atoms with van der Waals surface area (Å²) in [7, 11) is 1.46. The molecule has 0 atom stereocenters. The number of benzene rings is 2. The maximum atomic E-state index is 12.3. The van der Waals surface area contributed by atoms with E-state index in [1.807, 2.05) is 22.6 Å². The first kappa shape index (κ1) is 21.5. The number of carboxylic acids is 1. The Morgan fingerprint density at radius 1 is 1.34 bits per heavy atom. The van der Waals surface area contributed by atoms with Crippen LogP contribution in [0.5, 0.6) is 11.5 Å². The highest BCUT2D eigenvalue weighted by Gasteiger charge is 2.24. The number of carbonyl (C=O) groups excluding carboxylic acids is 1. The summed E-state index contributed by atoms with van der Waals surface area (Å²) >= 11 is 9.11. The van der Waals surface area contributed by atoms with Gasteiger partial charge in [0.1, 0.15) is 0 Å². The predicted octanol–water partition coefficient (Wildman–Crippen LogP) is 4.31. The Morgan fingerprint density at radius 3 is 2.72 bits per heavy atom. The highest BCUT2D eigenvalue weighted by atomic mass is 127. The molecule has 1 saturated heterocycles. The van der Waals surface area contributed by atoms with Gasteiger partial charge in [0.05, 0.1) is 21.3 Å². The molecule has 0 aliphatic carbocycles. The van der Waals surface area contributed by atoms with E-state index in [2.05, 4.69) is 10.3 Å². The number of amides is 1. The molecule has 0 saturated carbocycles. The molecule has 10 heteroatoms. The van der Waals surface area contributed by atoms with Crippen LogP contribution in [-0.4, -0.2) is 35.9 Å². The summed E-state index contributed by atoms with van der Waals surface area (Å²) in [4.78, 5) is 27.9. The zero-order valence-electron chi connectivity index (χ0n) is 14.9. The smallest absolute Gasteiger partial charge is 0.341 e. The fourth-order valence-electron chi connectivity index (χ4n) is 2.36. The van der Waals surface area contributed by atoms with E-state index in [0.29, 0.717) is 41.4 Å². The van der Waals surface area contributed by atoms with Gasteiger partial charge in [0.2, 0.25) is 0 Å². The standard InChI is InChI=1S/C19H14ClIN2O5S/c1-27-14-7-10(6-13(21)17(14)28-9-16(24)25)8-15-18(26)23-19(29-15)22-12-4-2-11(20)3-5-12/h2-8H,9H2,1H3,(H,24,25)(H,22,23,26)/b15-8-. The number of nitrogens with zero attached hydrogens (tertiary/aromatic N) is 1. The molecule has 2 aromatic rings. The summed E-state index contributed by atoms with van der Waals surface area (Å²) in [6, 6.07) is 10.4. The molecule has 7 nitrogen and oxygen atoms in total. The SMILES string of the molecule is COc1cc(/C=C2\SC(=Nc3ccc(Cl)cc3)NC2=O)cc(I)c1OCC(=O)O. The molecule has 29 heavy (non-hydrogen) atoms. The second kappa shape index (κ2) is 9.51. The minimum atomic E-state index is -1.08. The number of amidine groups is 1. The number of carboxylic acid groups (broad SMARTS) is 1. The molecular weight excluding hydrogens is 531 g/mol. The van der Waals surface area contributed by atoms with E-state index in [1.54, 1.807) is 42.5 Å². The largest absolute Gasteiger partial charge is 0.493 e. The van der Waals surface area contributed by atoms with Gasteiger partial charge in [-0.25, -0.2) is 9.79 Å². The van der Waals surface area contributed by atoms with Gasteiger partial charge in [0, 0.05) is 5.02 Å². The van der Waals surface area contributed by atoms with Crippen molar-refractivity contribution in [3.8, 4) is 11.5 Å². The minimum absolute atomic E-state index is 0.261. The van der Waals surface area contributed by atoms with Crippen LogP contribution < -0.4 is 14.8 Å². The number of thioether (sulfide) groups is 1. The number of ether oxygens (including phenoxy) is 2. The van der Waals surface area contributed by atoms with Crippen molar-refractivity contribution in [2.24, 2.45) is 4.99 Å². The van der Waals surface area contributed by atoms with Crippen molar-refractivity contribution < 1.29 is 24.2 Å². The van der Waals surface area contributed by atoms with Gasteiger partial charge in [-0.1, -0.05) is 11.6 Å². The highest BCUT2D eigenvalue weighted by Crippen LogP contribution is 2.36. The number of rotatable bonds is 6. The van der Waals surface area contributed by atoms with E-state index >= 15 is 0 Å². The van der Waals surface area contributed by atoms with Crippen LogP contribution in [0, 0.1) is 3.57 Å². The molecule has 1 aliphatic heterocycles. The lowest BCUT2D eigenvalue weighted by Crippen LogP contribution is -2.19. The van der Waals surface area contributed by atoms with E-state index in [9.17, 15) is 9.59 Å². The predicted molar refractivity (Wildman–Crippen MR) is 121 cm³/mol. The second-order valence-electron chi connectivity index (χ2n) is 5.67. The first-order valence-corrected chi connectivity index (χ1v) is 10.4. The van der Waals surface area contributed by atoms with E-state index in [-0.39, 0.29) is 5.91 Å². The van der Waals surface area contributed by atoms with Crippen molar-refractivity contribution in [1.82, 2.24) is 5.32 Å². The molecule has 0 radical (unpaired) electrons. The van der Waals surface area contributed by atoms with Crippen LogP contribution >= 0.6 is 46.0 Å². The first-order valence-electron chi connectivity index (χ1n) is 8.13. The average Bonchev–Trinajstić information content (AvgIpc) is 3.01. The van der Waals surface area contributed by atoms with Crippen LogP contribution in [0.15, 0.2) is 46.3 Å². The number of halogens is 2. The molecule has 0 aromatic heterocycles. The average molecular weight is 545 g/mol. The fourth-order valence-corrected chi connectivity index (χ4v) is 4.11. The Hall–Kier alpha value is -2.24. The second-order valence-corrected chi connectivity index (χ2v) is 8.30. The van der Waals surface area contributed by atoms with Gasteiger partial charge in [-0.15, -0.1) is 0 Å². The van der Waals surface area contributed by atoms with Crippen molar-refractivity contribution in [2.75, 3.05) is 13.7 Å². The van der Waals surface area contributed by atoms with Crippen LogP contribution in [0.25, 0.3) is 6.08 Å². The molecule has 3 rings (SSSR count). The lowest BCUT2D eigenvalue weighted by Gasteiger charge is -2.12. The third-order valence-corrected chi connectivity index (χ3v) is 5.56. The van der Waals surface area contributed by atoms with Gasteiger partial charge >= 0.3 is 5.97 Å². The van der Waals surface area contributed by atoms with Crippen molar-refractivity contribution in [2.45, 2.75) is 0 Å². The first-order chi connectivity index (χ1) is 13.9. The van der Waals surface area contributed by atoms with Crippen LogP contribution in [0.4, 0.5) is 5.69 Å². The quantitative estimate of drug-likeness (QED) is 0.416. The summed E-state index contributed by atoms with van der Waals surface area (Å²) < 4.78 is 11.3. The molecule has 1 amide bonds. The zero-order chi connectivity index (χ0) is 21.0. The summed E-state index contributed by atoms with van der Waals surface area (Å²) in [6.45, 7) is -0.477. The summed E-state index contributed by atoms with van der Waals surface area (Å²) in [5, 5.41) is 12.6. The fraction of sp³-hybridized carbons (Fsp3) is 0.105. The molecule has 1 heterocycles. The van der Waals surface area contributed by atoms with E-state index in [0.717, 1.165) is 0 Å². The number of hydrogen-bond donors (Lipinski definition) is 2. The molecule has 2 aromatic carbocycles. The van der Waals surface area contributed by atoms with Crippen LogP contribution in [-0.2, 0) is 9.59 Å². The van der Waals surface area contributed by atoms with Gasteiger partial charge in [-0.2, -0.15) is 0 Å². The number of methoxy groups -OCH3 is 1. The third-order valence-electron chi connectivity index (χ3n) is 3.60. The van der Waals surface area contributed by atoms with Gasteiger partial charge in [-0.3, -0.25) is 4.79 Å². The molecular formula is C19H14ClIN2O5S. The number of aliphatic imine (C=N–C) groups is 1. The molecule has 2 N–H and O–H groups in total. The molecule has 1 fully saturated rings. The Kier molecular flexibility index (Phi) is 7.04. The van der Waals surface area contributed by atoms with Gasteiger partial charge in [0.15, 0.2) is 23.3 Å². The number of nitrogens with one attached hydrogen (secondary N) is 1. The van der Waals surface area contributed by atoms with E-state index in [1.165, 1.54) is 18.9 Å². The summed E-state index contributed by atoms with van der Waals surface area (Å²) in [5.41, 5.74) is 1.38. The Labute approximate surface area is 189 Å². The van der Waals surface area contributed by atoms with E-state index in [4.69, 9.17) is 26.2 Å². The summed E-state index contributed by atoms with van der Waals surface area (Å²) in [5.74, 6) is -0.627. The lowest BCUT2D eigenvalue weighted by atomic mass is 10.2. The van der Waals surface area contributed by atoms with Crippen molar-refractivity contribution >= 4 is 74.8 Å². The van der Waals surface area contributed by atoms with Crippen molar-refractivity contribution in [1.29, 1.82) is 0 Å². The summed E-state index contributed by atoms with van der Waals surface area (Å²) in [6.07, 6.45) is 1.70. The molecule has 0 bridgehead atoms. The minimum Gasteiger partial charge on any atom is -0.493 e. The molecule has 0 spiro atoms.